The van der Waals surface area contributed by atoms with E-state index in [4.69, 9.17) is 4.74 Å². The number of nitro groups is 1. The van der Waals surface area contributed by atoms with Crippen LogP contribution in [0.25, 0.3) is 0 Å². The van der Waals surface area contributed by atoms with Crippen LogP contribution >= 0.6 is 15.9 Å². The molecule has 0 aromatic heterocycles. The van der Waals surface area contributed by atoms with Crippen LogP contribution in [-0.2, 0) is 16.0 Å². The van der Waals surface area contributed by atoms with Crippen molar-refractivity contribution in [2.75, 3.05) is 5.32 Å². The van der Waals surface area contributed by atoms with Gasteiger partial charge in [0.05, 0.1) is 10.5 Å². The maximum absolute atomic E-state index is 12.3. The topological polar surface area (TPSA) is 98.5 Å². The molecule has 122 valence electrons. The lowest BCUT2D eigenvalue weighted by Crippen LogP contribution is -2.38. The monoisotopic (exact) mass is 390 g/mol. The number of rotatable bonds is 3. The Morgan fingerprint density at radius 1 is 1.25 bits per heavy atom. The van der Waals surface area contributed by atoms with Crippen LogP contribution in [0.5, 0.6) is 0 Å². The number of carbonyl (C=O) groups excluding carboxylic acids is 2. The van der Waals surface area contributed by atoms with Crippen molar-refractivity contribution in [2.45, 2.75) is 12.5 Å². The molecule has 8 heteroatoms. The molecule has 0 fully saturated rings. The van der Waals surface area contributed by atoms with E-state index in [1.165, 1.54) is 24.3 Å². The number of non-ortho nitro benzene ring substituents is 1. The maximum atomic E-state index is 12.3. The number of nitro benzene ring substituents is 1. The molecule has 1 N–H and O–H groups in total. The van der Waals surface area contributed by atoms with Gasteiger partial charge < -0.3 is 10.1 Å². The molecule has 1 amide bonds. The lowest BCUT2D eigenvalue weighted by atomic mass is 9.98. The number of halogens is 1. The second-order valence-electron chi connectivity index (χ2n) is 5.19. The fourth-order valence-corrected chi connectivity index (χ4v) is 2.81. The largest absolute Gasteiger partial charge is 0.448 e. The van der Waals surface area contributed by atoms with Crippen LogP contribution in [0.1, 0.15) is 15.9 Å². The summed E-state index contributed by atoms with van der Waals surface area (Å²) in [6.07, 6.45) is -0.686. The van der Waals surface area contributed by atoms with Crippen molar-refractivity contribution in [2.24, 2.45) is 0 Å². The molecule has 1 unspecified atom stereocenters. The van der Waals surface area contributed by atoms with Crippen molar-refractivity contribution < 1.29 is 19.2 Å². The van der Waals surface area contributed by atoms with Gasteiger partial charge in [0.25, 0.3) is 11.6 Å². The number of benzene rings is 2. The van der Waals surface area contributed by atoms with Crippen molar-refractivity contribution in [3.8, 4) is 0 Å². The molecule has 0 radical (unpaired) electrons. The van der Waals surface area contributed by atoms with Crippen LogP contribution in [0, 0.1) is 10.1 Å². The van der Waals surface area contributed by atoms with Crippen molar-refractivity contribution in [3.05, 3.63) is 68.2 Å². The fraction of sp³-hybridized carbons (Fsp3) is 0.125. The van der Waals surface area contributed by atoms with Gasteiger partial charge in [0, 0.05) is 28.7 Å². The van der Waals surface area contributed by atoms with Crippen LogP contribution in [0.15, 0.2) is 46.9 Å². The summed E-state index contributed by atoms with van der Waals surface area (Å²) in [4.78, 5) is 34.4. The normalized spacial score (nSPS) is 16.0. The van der Waals surface area contributed by atoms with Gasteiger partial charge in [-0.05, 0) is 35.9 Å². The molecule has 0 bridgehead atoms. The van der Waals surface area contributed by atoms with E-state index in [1.54, 1.807) is 18.2 Å². The Kier molecular flexibility index (Phi) is 4.30. The summed E-state index contributed by atoms with van der Waals surface area (Å²) >= 11 is 3.33. The third-order valence-electron chi connectivity index (χ3n) is 3.58. The van der Waals surface area contributed by atoms with E-state index in [1.807, 2.05) is 0 Å². The molecule has 2 aromatic carbocycles. The quantitative estimate of drug-likeness (QED) is 0.493. The Morgan fingerprint density at radius 2 is 1.96 bits per heavy atom. The lowest BCUT2D eigenvalue weighted by Gasteiger charge is -2.24. The van der Waals surface area contributed by atoms with Gasteiger partial charge in [-0.25, -0.2) is 4.79 Å². The van der Waals surface area contributed by atoms with E-state index >= 15 is 0 Å². The Bertz CT molecular complexity index is 835. The van der Waals surface area contributed by atoms with Crippen molar-refractivity contribution >= 4 is 39.2 Å². The molecule has 0 saturated heterocycles. The number of hydrogen-bond donors (Lipinski definition) is 1. The number of esters is 1. The van der Waals surface area contributed by atoms with E-state index in [0.717, 1.165) is 10.0 Å². The zero-order valence-corrected chi connectivity index (χ0v) is 13.8. The number of fused-ring (bicyclic) bond motifs is 1. The number of ether oxygens (including phenoxy) is 1. The molecule has 0 aliphatic carbocycles. The summed E-state index contributed by atoms with van der Waals surface area (Å²) < 4.78 is 5.98. The highest BCUT2D eigenvalue weighted by atomic mass is 79.9. The average Bonchev–Trinajstić information content (AvgIpc) is 2.54. The molecule has 1 aliphatic rings. The third kappa shape index (κ3) is 3.28. The lowest BCUT2D eigenvalue weighted by molar-refractivity contribution is -0.384. The van der Waals surface area contributed by atoms with Crippen molar-refractivity contribution in [1.29, 1.82) is 0 Å². The minimum atomic E-state index is -0.950. The second kappa shape index (κ2) is 6.40. The number of nitrogens with one attached hydrogen (secondary N) is 1. The predicted molar refractivity (Wildman–Crippen MR) is 88.8 cm³/mol. The minimum absolute atomic E-state index is 0.0733. The first-order valence-corrected chi connectivity index (χ1v) is 7.78. The van der Waals surface area contributed by atoms with E-state index in [9.17, 15) is 19.7 Å². The van der Waals surface area contributed by atoms with E-state index < -0.39 is 22.9 Å². The smallest absolute Gasteiger partial charge is 0.339 e. The molecular formula is C16H11BrN2O5. The van der Waals surface area contributed by atoms with Crippen LogP contribution in [0.2, 0.25) is 0 Å². The van der Waals surface area contributed by atoms with Gasteiger partial charge in [-0.3, -0.25) is 14.9 Å². The highest BCUT2D eigenvalue weighted by Gasteiger charge is 2.31. The molecule has 0 saturated carbocycles. The summed E-state index contributed by atoms with van der Waals surface area (Å²) in [5, 5.41) is 13.2. The summed E-state index contributed by atoms with van der Waals surface area (Å²) in [5.41, 5.74) is 1.49. The molecule has 7 nitrogen and oxygen atoms in total. The number of nitrogens with zero attached hydrogens (tertiary/aromatic N) is 1. The van der Waals surface area contributed by atoms with Gasteiger partial charge in [-0.15, -0.1) is 0 Å². The molecule has 24 heavy (non-hydrogen) atoms. The van der Waals surface area contributed by atoms with Crippen LogP contribution < -0.4 is 5.32 Å². The summed E-state index contributed by atoms with van der Waals surface area (Å²) in [6, 6.07) is 10.6. The Labute approximate surface area is 144 Å². The fourth-order valence-electron chi connectivity index (χ4n) is 2.40. The first-order chi connectivity index (χ1) is 11.4. The number of carbonyl (C=O) groups is 2. The highest BCUT2D eigenvalue weighted by Crippen LogP contribution is 2.25. The number of anilines is 1. The SMILES string of the molecule is O=C1OC(C(=O)Nc2ccc([N+](=O)[O-])cc2)Cc2cc(Br)ccc21. The zero-order chi connectivity index (χ0) is 17.3. The van der Waals surface area contributed by atoms with E-state index in [-0.39, 0.29) is 12.1 Å². The molecule has 1 aliphatic heterocycles. The van der Waals surface area contributed by atoms with Crippen LogP contribution in [0.3, 0.4) is 0 Å². The van der Waals surface area contributed by atoms with Gasteiger partial charge in [-0.2, -0.15) is 0 Å². The maximum Gasteiger partial charge on any atom is 0.339 e. The molecule has 1 heterocycles. The highest BCUT2D eigenvalue weighted by molar-refractivity contribution is 9.10. The standard InChI is InChI=1S/C16H11BrN2O5/c17-10-1-6-13-9(7-10)8-14(24-16(13)21)15(20)18-11-2-4-12(5-3-11)19(22)23/h1-7,14H,8H2,(H,18,20). The average molecular weight is 391 g/mol. The van der Waals surface area contributed by atoms with Crippen LogP contribution in [-0.4, -0.2) is 22.9 Å². The molecule has 0 spiro atoms. The van der Waals surface area contributed by atoms with Crippen molar-refractivity contribution in [1.82, 2.24) is 0 Å². The van der Waals surface area contributed by atoms with Gasteiger partial charge >= 0.3 is 5.97 Å². The second-order valence-corrected chi connectivity index (χ2v) is 6.11. The Hall–Kier alpha value is -2.74. The third-order valence-corrected chi connectivity index (χ3v) is 4.07. The summed E-state index contributed by atoms with van der Waals surface area (Å²) in [6.45, 7) is 0. The summed E-state index contributed by atoms with van der Waals surface area (Å²) in [5.74, 6) is -1.03. The van der Waals surface area contributed by atoms with Gasteiger partial charge in [0.15, 0.2) is 6.10 Å². The van der Waals surface area contributed by atoms with Crippen molar-refractivity contribution in [3.63, 3.8) is 0 Å². The molecule has 3 rings (SSSR count). The molecular weight excluding hydrogens is 380 g/mol. The van der Waals surface area contributed by atoms with Gasteiger partial charge in [0.2, 0.25) is 0 Å². The van der Waals surface area contributed by atoms with E-state index in [0.29, 0.717) is 11.3 Å². The first kappa shape index (κ1) is 16.1. The minimum Gasteiger partial charge on any atom is -0.448 e. The van der Waals surface area contributed by atoms with E-state index in [2.05, 4.69) is 21.2 Å². The molecule has 1 atom stereocenters. The number of hydrogen-bond acceptors (Lipinski definition) is 5. The van der Waals surface area contributed by atoms with Crippen LogP contribution in [0.4, 0.5) is 11.4 Å². The van der Waals surface area contributed by atoms with Gasteiger partial charge in [0.1, 0.15) is 0 Å². The van der Waals surface area contributed by atoms with Gasteiger partial charge in [-0.1, -0.05) is 15.9 Å². The summed E-state index contributed by atoms with van der Waals surface area (Å²) in [7, 11) is 0. The number of amides is 1. The Balaban J connectivity index is 1.74. The molecule has 2 aromatic rings. The predicted octanol–water partition coefficient (Wildman–Crippen LogP) is 3.08. The zero-order valence-electron chi connectivity index (χ0n) is 12.2. The first-order valence-electron chi connectivity index (χ1n) is 6.99. The Morgan fingerprint density at radius 3 is 2.62 bits per heavy atom. The number of cyclic esters (lactones) is 1.